The molecule has 0 spiro atoms. The van der Waals surface area contributed by atoms with E-state index < -0.39 is 0 Å². The number of benzene rings is 2. The highest BCUT2D eigenvalue weighted by Gasteiger charge is 2.09. The van der Waals surface area contributed by atoms with Crippen molar-refractivity contribution in [2.75, 3.05) is 0 Å². The van der Waals surface area contributed by atoms with Gasteiger partial charge in [-0.3, -0.25) is 0 Å². The van der Waals surface area contributed by atoms with Crippen LogP contribution in [0.4, 0.5) is 8.78 Å². The third kappa shape index (κ3) is 2.25. The molecule has 3 rings (SSSR count). The molecular weight excluding hydrogens is 260 g/mol. The zero-order valence-corrected chi connectivity index (χ0v) is 10.9. The monoisotopic (exact) mass is 273 g/mol. The summed E-state index contributed by atoms with van der Waals surface area (Å²) in [6, 6.07) is 12.6. The van der Waals surface area contributed by atoms with Crippen LogP contribution in [0.5, 0.6) is 5.75 Å². The average molecular weight is 273 g/mol. The molecule has 0 N–H and O–H groups in total. The van der Waals surface area contributed by atoms with Crippen molar-refractivity contribution in [3.05, 3.63) is 65.9 Å². The molecule has 1 heterocycles. The van der Waals surface area contributed by atoms with Gasteiger partial charge in [0.05, 0.1) is 11.2 Å². The quantitative estimate of drug-likeness (QED) is 0.702. The molecular formula is C16H13F2NO. The van der Waals surface area contributed by atoms with Crippen LogP contribution in [-0.4, -0.2) is 4.57 Å². The van der Waals surface area contributed by atoms with Gasteiger partial charge in [-0.05, 0) is 42.5 Å². The van der Waals surface area contributed by atoms with Crippen LogP contribution >= 0.6 is 0 Å². The van der Waals surface area contributed by atoms with Gasteiger partial charge in [-0.2, -0.15) is 0 Å². The average Bonchev–Trinajstić information content (AvgIpc) is 2.77. The molecule has 0 radical (unpaired) electrons. The summed E-state index contributed by atoms with van der Waals surface area (Å²) in [4.78, 5) is 0. The van der Waals surface area contributed by atoms with Gasteiger partial charge in [0.15, 0.2) is 0 Å². The maximum atomic E-state index is 13.7. The van der Waals surface area contributed by atoms with E-state index in [1.165, 1.54) is 18.2 Å². The second kappa shape index (κ2) is 4.96. The molecule has 0 aliphatic rings. The van der Waals surface area contributed by atoms with Crippen molar-refractivity contribution in [1.82, 2.24) is 4.57 Å². The van der Waals surface area contributed by atoms with Crippen LogP contribution in [0.2, 0.25) is 0 Å². The Morgan fingerprint density at radius 2 is 1.80 bits per heavy atom. The highest BCUT2D eigenvalue weighted by atomic mass is 19.1. The van der Waals surface area contributed by atoms with Gasteiger partial charge in [-0.1, -0.05) is 6.07 Å². The van der Waals surface area contributed by atoms with Crippen LogP contribution in [0.25, 0.3) is 10.9 Å². The van der Waals surface area contributed by atoms with Crippen LogP contribution in [0, 0.1) is 11.6 Å². The minimum absolute atomic E-state index is 0.244. The van der Waals surface area contributed by atoms with Crippen molar-refractivity contribution < 1.29 is 13.5 Å². The minimum atomic E-state index is -0.302. The van der Waals surface area contributed by atoms with E-state index in [1.807, 2.05) is 17.7 Å². The molecule has 1 aromatic heterocycles. The lowest BCUT2D eigenvalue weighted by Gasteiger charge is -2.07. The van der Waals surface area contributed by atoms with Gasteiger partial charge in [-0.15, -0.1) is 0 Å². The summed E-state index contributed by atoms with van der Waals surface area (Å²) in [6.07, 6.45) is 0. The molecule has 3 aromatic rings. The van der Waals surface area contributed by atoms with E-state index in [0.29, 0.717) is 17.7 Å². The zero-order chi connectivity index (χ0) is 14.1. The Hall–Kier alpha value is -2.36. The molecule has 0 saturated heterocycles. The first kappa shape index (κ1) is 12.7. The van der Waals surface area contributed by atoms with Crippen LogP contribution < -0.4 is 4.74 Å². The van der Waals surface area contributed by atoms with Gasteiger partial charge >= 0.3 is 0 Å². The molecule has 2 nitrogen and oxygen atoms in total. The normalized spacial score (nSPS) is 10.9. The summed E-state index contributed by atoms with van der Waals surface area (Å²) in [5, 5.41) is 0.577. The highest BCUT2D eigenvalue weighted by Crippen LogP contribution is 2.22. The van der Waals surface area contributed by atoms with Crippen LogP contribution in [0.15, 0.2) is 48.5 Å². The van der Waals surface area contributed by atoms with Crippen molar-refractivity contribution in [2.24, 2.45) is 7.05 Å². The third-order valence-electron chi connectivity index (χ3n) is 3.33. The molecule has 0 unspecified atom stereocenters. The Kier molecular flexibility index (Phi) is 3.14. The van der Waals surface area contributed by atoms with Crippen molar-refractivity contribution in [3.63, 3.8) is 0 Å². The maximum Gasteiger partial charge on any atom is 0.132 e. The first-order valence-corrected chi connectivity index (χ1v) is 6.26. The van der Waals surface area contributed by atoms with Crippen molar-refractivity contribution in [3.8, 4) is 5.75 Å². The van der Waals surface area contributed by atoms with Gasteiger partial charge in [0.25, 0.3) is 0 Å². The molecule has 4 heteroatoms. The second-order valence-corrected chi connectivity index (χ2v) is 4.61. The number of rotatable bonds is 3. The molecule has 0 fully saturated rings. The molecule has 0 aliphatic carbocycles. The van der Waals surface area contributed by atoms with E-state index in [0.717, 1.165) is 11.2 Å². The van der Waals surface area contributed by atoms with Crippen LogP contribution in [-0.2, 0) is 13.7 Å². The van der Waals surface area contributed by atoms with Gasteiger partial charge in [-0.25, -0.2) is 8.78 Å². The lowest BCUT2D eigenvalue weighted by Crippen LogP contribution is -2.01. The summed E-state index contributed by atoms with van der Waals surface area (Å²) in [5.74, 6) is 0.0345. The molecule has 0 atom stereocenters. The summed E-state index contributed by atoms with van der Waals surface area (Å²) < 4.78 is 34.0. The third-order valence-corrected chi connectivity index (χ3v) is 3.33. The van der Waals surface area contributed by atoms with Gasteiger partial charge in [0.2, 0.25) is 0 Å². The summed E-state index contributed by atoms with van der Waals surface area (Å²) in [7, 11) is 1.87. The minimum Gasteiger partial charge on any atom is -0.487 e. The number of fused-ring (bicyclic) bond motifs is 1. The topological polar surface area (TPSA) is 14.2 Å². The zero-order valence-electron chi connectivity index (χ0n) is 10.9. The molecule has 0 aliphatic heterocycles. The maximum absolute atomic E-state index is 13.7. The first-order chi connectivity index (χ1) is 9.65. The summed E-state index contributed by atoms with van der Waals surface area (Å²) >= 11 is 0. The molecule has 0 bridgehead atoms. The SMILES string of the molecule is Cn1c(COc2ccc(F)cc2)cc2c(F)cccc21. The Morgan fingerprint density at radius 3 is 2.50 bits per heavy atom. The lowest BCUT2D eigenvalue weighted by molar-refractivity contribution is 0.297. The largest absolute Gasteiger partial charge is 0.487 e. The molecule has 0 amide bonds. The smallest absolute Gasteiger partial charge is 0.132 e. The van der Waals surface area contributed by atoms with E-state index in [2.05, 4.69) is 0 Å². The van der Waals surface area contributed by atoms with Crippen molar-refractivity contribution in [1.29, 1.82) is 0 Å². The number of nitrogens with zero attached hydrogens (tertiary/aromatic N) is 1. The van der Waals surface area contributed by atoms with Crippen molar-refractivity contribution >= 4 is 10.9 Å². The van der Waals surface area contributed by atoms with Crippen LogP contribution in [0.3, 0.4) is 0 Å². The fourth-order valence-corrected chi connectivity index (χ4v) is 2.21. The Labute approximate surface area is 115 Å². The van der Waals surface area contributed by atoms with Gasteiger partial charge in [0, 0.05) is 12.4 Å². The first-order valence-electron chi connectivity index (χ1n) is 6.26. The van der Waals surface area contributed by atoms with Gasteiger partial charge < -0.3 is 9.30 Å². The summed E-state index contributed by atoms with van der Waals surface area (Å²) in [6.45, 7) is 0.302. The Balaban J connectivity index is 1.86. The predicted octanol–water partition coefficient (Wildman–Crippen LogP) is 4.04. The second-order valence-electron chi connectivity index (χ2n) is 4.61. The van der Waals surface area contributed by atoms with E-state index in [-0.39, 0.29) is 11.6 Å². The predicted molar refractivity (Wildman–Crippen MR) is 73.6 cm³/mol. The van der Waals surface area contributed by atoms with Crippen molar-refractivity contribution in [2.45, 2.75) is 6.61 Å². The fourth-order valence-electron chi connectivity index (χ4n) is 2.21. The number of aryl methyl sites for hydroxylation is 1. The fraction of sp³-hybridized carbons (Fsp3) is 0.125. The molecule has 0 saturated carbocycles. The standard InChI is InChI=1S/C16H13F2NO/c1-19-12(9-14-15(18)3-2-4-16(14)19)10-20-13-7-5-11(17)6-8-13/h2-9H,10H2,1H3. The number of aromatic nitrogens is 1. The van der Waals surface area contributed by atoms with E-state index >= 15 is 0 Å². The van der Waals surface area contributed by atoms with E-state index in [1.54, 1.807) is 24.3 Å². The summed E-state index contributed by atoms with van der Waals surface area (Å²) in [5.41, 5.74) is 1.68. The molecule has 20 heavy (non-hydrogen) atoms. The number of hydrogen-bond acceptors (Lipinski definition) is 1. The lowest BCUT2D eigenvalue weighted by atomic mass is 10.2. The van der Waals surface area contributed by atoms with E-state index in [4.69, 9.17) is 4.74 Å². The Morgan fingerprint density at radius 1 is 1.05 bits per heavy atom. The molecule has 2 aromatic carbocycles. The highest BCUT2D eigenvalue weighted by molar-refractivity contribution is 5.81. The van der Waals surface area contributed by atoms with E-state index in [9.17, 15) is 8.78 Å². The molecule has 102 valence electrons. The number of halogens is 2. The van der Waals surface area contributed by atoms with Gasteiger partial charge in [0.1, 0.15) is 24.0 Å². The Bertz CT molecular complexity index is 747. The number of ether oxygens (including phenoxy) is 1. The number of hydrogen-bond donors (Lipinski definition) is 0. The van der Waals surface area contributed by atoms with Crippen LogP contribution in [0.1, 0.15) is 5.69 Å².